The van der Waals surface area contributed by atoms with Crippen LogP contribution in [0, 0.1) is 0 Å². The van der Waals surface area contributed by atoms with E-state index in [4.69, 9.17) is 11.5 Å². The van der Waals surface area contributed by atoms with E-state index in [0.29, 0.717) is 0 Å². The van der Waals surface area contributed by atoms with E-state index in [1.807, 2.05) is 6.92 Å². The highest BCUT2D eigenvalue weighted by Gasteiger charge is 2.14. The molecule has 1 aliphatic carbocycles. The largest absolute Gasteiger partial charge is 0.314 e. The van der Waals surface area contributed by atoms with Crippen molar-refractivity contribution in [3.05, 3.63) is 0 Å². The molecule has 0 radical (unpaired) electrons. The highest BCUT2D eigenvalue weighted by molar-refractivity contribution is 4.75. The normalized spacial score (nSPS) is 20.5. The van der Waals surface area contributed by atoms with E-state index in [9.17, 15) is 0 Å². The minimum atomic E-state index is -0.512. The second-order valence-corrected chi connectivity index (χ2v) is 4.54. The van der Waals surface area contributed by atoms with Gasteiger partial charge in [-0.1, -0.05) is 19.3 Å². The quantitative estimate of drug-likeness (QED) is 0.571. The molecule has 3 heteroatoms. The number of rotatable bonds is 4. The minimum Gasteiger partial charge on any atom is -0.314 e. The molecule has 0 spiro atoms. The van der Waals surface area contributed by atoms with Crippen LogP contribution in [0.4, 0.5) is 0 Å². The summed E-state index contributed by atoms with van der Waals surface area (Å²) in [6, 6.07) is 0.719. The summed E-state index contributed by atoms with van der Waals surface area (Å²) in [7, 11) is 0. The highest BCUT2D eigenvalue weighted by atomic mass is 15.0. The molecule has 1 rings (SSSR count). The molecule has 0 heterocycles. The molecule has 0 aromatic heterocycles. The average molecular weight is 185 g/mol. The van der Waals surface area contributed by atoms with Gasteiger partial charge >= 0.3 is 0 Å². The highest BCUT2D eigenvalue weighted by Crippen LogP contribution is 2.17. The summed E-state index contributed by atoms with van der Waals surface area (Å²) >= 11 is 0. The topological polar surface area (TPSA) is 64.1 Å². The van der Waals surface area contributed by atoms with Gasteiger partial charge in [-0.3, -0.25) is 0 Å². The van der Waals surface area contributed by atoms with Crippen LogP contribution in [-0.2, 0) is 0 Å². The molecule has 0 amide bonds. The van der Waals surface area contributed by atoms with Gasteiger partial charge in [-0.2, -0.15) is 0 Å². The number of nitrogens with two attached hydrogens (primary N) is 2. The molecule has 1 saturated carbocycles. The van der Waals surface area contributed by atoms with E-state index < -0.39 is 5.66 Å². The lowest BCUT2D eigenvalue weighted by Crippen LogP contribution is -2.48. The third-order valence-electron chi connectivity index (χ3n) is 2.70. The second kappa shape index (κ2) is 4.94. The first-order valence-corrected chi connectivity index (χ1v) is 5.39. The van der Waals surface area contributed by atoms with Crippen LogP contribution in [0.25, 0.3) is 0 Å². The SMILES string of the molecule is CC(N)(N)CCNC1CCCCC1. The zero-order valence-corrected chi connectivity index (χ0v) is 8.68. The van der Waals surface area contributed by atoms with Crippen LogP contribution in [0.15, 0.2) is 0 Å². The average Bonchev–Trinajstić information content (AvgIpc) is 2.04. The zero-order valence-electron chi connectivity index (χ0n) is 8.68. The molecule has 13 heavy (non-hydrogen) atoms. The fraction of sp³-hybridized carbons (Fsp3) is 1.00. The zero-order chi connectivity index (χ0) is 9.73. The molecule has 3 nitrogen and oxygen atoms in total. The summed E-state index contributed by atoms with van der Waals surface area (Å²) in [5, 5.41) is 3.52. The Morgan fingerprint density at radius 2 is 1.85 bits per heavy atom. The number of hydrogen-bond donors (Lipinski definition) is 3. The van der Waals surface area contributed by atoms with Crippen LogP contribution >= 0.6 is 0 Å². The number of nitrogens with one attached hydrogen (secondary N) is 1. The van der Waals surface area contributed by atoms with Gasteiger partial charge in [0, 0.05) is 6.04 Å². The molecular weight excluding hydrogens is 162 g/mol. The lowest BCUT2D eigenvalue weighted by molar-refractivity contribution is 0.349. The van der Waals surface area contributed by atoms with Crippen molar-refractivity contribution in [1.29, 1.82) is 0 Å². The minimum absolute atomic E-state index is 0.512. The van der Waals surface area contributed by atoms with Crippen LogP contribution in [0.1, 0.15) is 45.4 Å². The molecule has 78 valence electrons. The van der Waals surface area contributed by atoms with Crippen molar-refractivity contribution in [2.24, 2.45) is 11.5 Å². The van der Waals surface area contributed by atoms with Crippen molar-refractivity contribution in [1.82, 2.24) is 5.32 Å². The molecule has 0 atom stereocenters. The summed E-state index contributed by atoms with van der Waals surface area (Å²) in [5.74, 6) is 0. The van der Waals surface area contributed by atoms with E-state index in [1.54, 1.807) is 0 Å². The van der Waals surface area contributed by atoms with Gasteiger partial charge < -0.3 is 16.8 Å². The van der Waals surface area contributed by atoms with Crippen molar-refractivity contribution >= 4 is 0 Å². The Hall–Kier alpha value is -0.120. The van der Waals surface area contributed by atoms with E-state index >= 15 is 0 Å². The van der Waals surface area contributed by atoms with Crippen molar-refractivity contribution < 1.29 is 0 Å². The molecule has 1 fully saturated rings. The smallest absolute Gasteiger partial charge is 0.0619 e. The maximum Gasteiger partial charge on any atom is 0.0619 e. The molecule has 5 N–H and O–H groups in total. The monoisotopic (exact) mass is 185 g/mol. The molecule has 1 aliphatic rings. The first kappa shape index (κ1) is 11.0. The lowest BCUT2D eigenvalue weighted by atomic mass is 9.95. The molecule has 0 aliphatic heterocycles. The van der Waals surface area contributed by atoms with Crippen LogP contribution < -0.4 is 16.8 Å². The first-order valence-electron chi connectivity index (χ1n) is 5.39. The van der Waals surface area contributed by atoms with Gasteiger partial charge in [0.05, 0.1) is 5.66 Å². The van der Waals surface area contributed by atoms with Crippen molar-refractivity contribution in [3.8, 4) is 0 Å². The summed E-state index contributed by atoms with van der Waals surface area (Å²) in [6.45, 7) is 2.82. The molecule has 0 aromatic carbocycles. The van der Waals surface area contributed by atoms with E-state index in [-0.39, 0.29) is 0 Å². The Bertz CT molecular complexity index is 134. The van der Waals surface area contributed by atoms with Crippen LogP contribution in [0.2, 0.25) is 0 Å². The molecule has 0 aromatic rings. The summed E-state index contributed by atoms with van der Waals surface area (Å²) in [6.07, 6.45) is 7.66. The van der Waals surface area contributed by atoms with Crippen LogP contribution in [-0.4, -0.2) is 18.2 Å². The maximum absolute atomic E-state index is 5.69. The van der Waals surface area contributed by atoms with E-state index in [1.165, 1.54) is 32.1 Å². The fourth-order valence-electron chi connectivity index (χ4n) is 1.85. The van der Waals surface area contributed by atoms with Gasteiger partial charge in [-0.25, -0.2) is 0 Å². The van der Waals surface area contributed by atoms with Crippen molar-refractivity contribution in [2.45, 2.75) is 57.2 Å². The Morgan fingerprint density at radius 3 is 2.38 bits per heavy atom. The van der Waals surface area contributed by atoms with Gasteiger partial charge in [0.1, 0.15) is 0 Å². The van der Waals surface area contributed by atoms with Gasteiger partial charge in [0.15, 0.2) is 0 Å². The Labute approximate surface area is 81.2 Å². The Morgan fingerprint density at radius 1 is 1.23 bits per heavy atom. The Kier molecular flexibility index (Phi) is 4.16. The Balaban J connectivity index is 2.04. The molecular formula is C10H23N3. The summed E-state index contributed by atoms with van der Waals surface area (Å²) < 4.78 is 0. The third-order valence-corrected chi connectivity index (χ3v) is 2.70. The van der Waals surface area contributed by atoms with Gasteiger partial charge in [0.25, 0.3) is 0 Å². The fourth-order valence-corrected chi connectivity index (χ4v) is 1.85. The van der Waals surface area contributed by atoms with Gasteiger partial charge in [0.2, 0.25) is 0 Å². The molecule has 0 unspecified atom stereocenters. The van der Waals surface area contributed by atoms with Gasteiger partial charge in [-0.15, -0.1) is 0 Å². The predicted octanol–water partition coefficient (Wildman–Crippen LogP) is 0.932. The summed E-state index contributed by atoms with van der Waals surface area (Å²) in [5.41, 5.74) is 10.9. The molecule has 0 saturated heterocycles. The van der Waals surface area contributed by atoms with Crippen LogP contribution in [0.3, 0.4) is 0 Å². The second-order valence-electron chi connectivity index (χ2n) is 4.54. The van der Waals surface area contributed by atoms with E-state index in [2.05, 4.69) is 5.32 Å². The standard InChI is InChI=1S/C10H23N3/c1-10(11,12)7-8-13-9-5-3-2-4-6-9/h9,13H,2-8,11-12H2,1H3. The lowest BCUT2D eigenvalue weighted by Gasteiger charge is -2.25. The number of hydrogen-bond acceptors (Lipinski definition) is 3. The molecule has 0 bridgehead atoms. The first-order chi connectivity index (χ1) is 6.08. The van der Waals surface area contributed by atoms with Gasteiger partial charge in [-0.05, 0) is 32.7 Å². The van der Waals surface area contributed by atoms with Crippen molar-refractivity contribution in [2.75, 3.05) is 6.54 Å². The summed E-state index contributed by atoms with van der Waals surface area (Å²) in [4.78, 5) is 0. The van der Waals surface area contributed by atoms with E-state index in [0.717, 1.165) is 19.0 Å². The van der Waals surface area contributed by atoms with Crippen molar-refractivity contribution in [3.63, 3.8) is 0 Å². The van der Waals surface area contributed by atoms with Crippen LogP contribution in [0.5, 0.6) is 0 Å². The third kappa shape index (κ3) is 5.24. The maximum atomic E-state index is 5.69. The predicted molar refractivity (Wildman–Crippen MR) is 56.3 cm³/mol.